The average molecular weight is 411 g/mol. The normalized spacial score (nSPS) is 11.1. The highest BCUT2D eigenvalue weighted by Gasteiger charge is 2.30. The number of aromatic nitrogens is 2. The largest absolute Gasteiger partial charge is 0.471 e. The highest BCUT2D eigenvalue weighted by Crippen LogP contribution is 2.30. The van der Waals surface area contributed by atoms with E-state index in [1.807, 2.05) is 0 Å². The number of urea groups is 1. The van der Waals surface area contributed by atoms with Crippen LogP contribution >= 0.6 is 11.6 Å². The van der Waals surface area contributed by atoms with Gasteiger partial charge in [-0.05, 0) is 36.4 Å². The van der Waals surface area contributed by atoms with Crippen LogP contribution < -0.4 is 15.4 Å². The number of hydrogen-bond acceptors (Lipinski definition) is 3. The summed E-state index contributed by atoms with van der Waals surface area (Å²) in [6.45, 7) is 0.0806. The van der Waals surface area contributed by atoms with Crippen molar-refractivity contribution in [2.24, 2.45) is 0 Å². The van der Waals surface area contributed by atoms with Crippen LogP contribution in [-0.4, -0.2) is 15.8 Å². The fourth-order valence-corrected chi connectivity index (χ4v) is 2.44. The standard InChI is InChI=1S/C18H14ClF3N4O2/c19-13-4-2-6-16(8-13)28-11-26-10-15(9-23-26)25-17(27)24-14-5-1-3-12(7-14)18(20,21)22/h1-10H,11H2,(H2,24,25,27). The smallest absolute Gasteiger partial charge is 0.416 e. The minimum Gasteiger partial charge on any atom is -0.471 e. The van der Waals surface area contributed by atoms with Crippen LogP contribution in [0.25, 0.3) is 0 Å². The summed E-state index contributed by atoms with van der Waals surface area (Å²) in [6.07, 6.45) is -1.60. The fourth-order valence-electron chi connectivity index (χ4n) is 2.26. The van der Waals surface area contributed by atoms with Crippen molar-refractivity contribution in [2.75, 3.05) is 10.6 Å². The highest BCUT2D eigenvalue weighted by molar-refractivity contribution is 6.30. The second-order valence-electron chi connectivity index (χ2n) is 5.66. The average Bonchev–Trinajstić information content (AvgIpc) is 3.07. The summed E-state index contributed by atoms with van der Waals surface area (Å²) in [5.41, 5.74) is -0.487. The molecule has 0 aliphatic heterocycles. The van der Waals surface area contributed by atoms with Crippen molar-refractivity contribution in [3.63, 3.8) is 0 Å². The highest BCUT2D eigenvalue weighted by atomic mass is 35.5. The van der Waals surface area contributed by atoms with Crippen LogP contribution in [0, 0.1) is 0 Å². The molecule has 28 heavy (non-hydrogen) atoms. The molecule has 0 radical (unpaired) electrons. The molecule has 6 nitrogen and oxygen atoms in total. The molecule has 0 unspecified atom stereocenters. The van der Waals surface area contributed by atoms with E-state index in [9.17, 15) is 18.0 Å². The number of nitrogens with zero attached hydrogens (tertiary/aromatic N) is 2. The van der Waals surface area contributed by atoms with Crippen LogP contribution in [0.2, 0.25) is 5.02 Å². The molecule has 10 heteroatoms. The Balaban J connectivity index is 1.55. The summed E-state index contributed by atoms with van der Waals surface area (Å²) in [4.78, 5) is 12.0. The van der Waals surface area contributed by atoms with Crippen molar-refractivity contribution in [1.29, 1.82) is 0 Å². The maximum absolute atomic E-state index is 12.7. The molecule has 3 rings (SSSR count). The van der Waals surface area contributed by atoms with Crippen molar-refractivity contribution < 1.29 is 22.7 Å². The van der Waals surface area contributed by atoms with E-state index in [1.165, 1.54) is 29.2 Å². The number of alkyl halides is 3. The minimum absolute atomic E-state index is 0.0176. The van der Waals surface area contributed by atoms with Crippen LogP contribution in [0.15, 0.2) is 60.9 Å². The number of ether oxygens (including phenoxy) is 1. The number of carbonyl (C=O) groups is 1. The predicted octanol–water partition coefficient (Wildman–Crippen LogP) is 5.24. The molecule has 0 saturated carbocycles. The van der Waals surface area contributed by atoms with E-state index in [1.54, 1.807) is 24.3 Å². The van der Waals surface area contributed by atoms with E-state index in [0.717, 1.165) is 12.1 Å². The summed E-state index contributed by atoms with van der Waals surface area (Å²) in [6, 6.07) is 10.5. The van der Waals surface area contributed by atoms with Crippen molar-refractivity contribution in [3.8, 4) is 5.75 Å². The van der Waals surface area contributed by atoms with Crippen LogP contribution in [0.4, 0.5) is 29.3 Å². The molecule has 3 aromatic rings. The second kappa shape index (κ2) is 8.22. The molecule has 0 atom stereocenters. The van der Waals surface area contributed by atoms with Crippen molar-refractivity contribution in [2.45, 2.75) is 12.9 Å². The molecule has 0 aliphatic rings. The van der Waals surface area contributed by atoms with Crippen LogP contribution in [0.3, 0.4) is 0 Å². The van der Waals surface area contributed by atoms with E-state index in [-0.39, 0.29) is 12.4 Å². The van der Waals surface area contributed by atoms with Crippen molar-refractivity contribution in [1.82, 2.24) is 9.78 Å². The molecule has 0 spiro atoms. The SMILES string of the molecule is O=C(Nc1cccc(C(F)(F)F)c1)Nc1cnn(COc2cccc(Cl)c2)c1. The van der Waals surface area contributed by atoms with Gasteiger partial charge in [-0.2, -0.15) is 18.3 Å². The first kappa shape index (κ1) is 19.6. The zero-order valence-corrected chi connectivity index (χ0v) is 15.0. The number of amides is 2. The maximum atomic E-state index is 12.7. The Labute approximate surface area is 162 Å². The van der Waals surface area contributed by atoms with E-state index in [4.69, 9.17) is 16.3 Å². The molecule has 0 fully saturated rings. The summed E-state index contributed by atoms with van der Waals surface area (Å²) < 4.78 is 45.1. The molecule has 2 N–H and O–H groups in total. The van der Waals surface area contributed by atoms with Gasteiger partial charge in [0.15, 0.2) is 6.73 Å². The topological polar surface area (TPSA) is 68.2 Å². The number of nitrogens with one attached hydrogen (secondary N) is 2. The summed E-state index contributed by atoms with van der Waals surface area (Å²) in [5, 5.41) is 9.39. The van der Waals surface area contributed by atoms with E-state index in [2.05, 4.69) is 15.7 Å². The second-order valence-corrected chi connectivity index (χ2v) is 6.09. The van der Waals surface area contributed by atoms with Crippen molar-refractivity contribution >= 4 is 29.0 Å². The summed E-state index contributed by atoms with van der Waals surface area (Å²) >= 11 is 5.87. The van der Waals surface area contributed by atoms with Crippen LogP contribution in [-0.2, 0) is 12.9 Å². The lowest BCUT2D eigenvalue weighted by Crippen LogP contribution is -2.19. The molecule has 146 valence electrons. The fraction of sp³-hybridized carbons (Fsp3) is 0.111. The van der Waals surface area contributed by atoms with Crippen LogP contribution in [0.1, 0.15) is 5.56 Å². The minimum atomic E-state index is -4.49. The number of carbonyl (C=O) groups excluding carboxylic acids is 1. The van der Waals surface area contributed by atoms with E-state index >= 15 is 0 Å². The number of rotatable bonds is 5. The third-order valence-corrected chi connectivity index (χ3v) is 3.73. The molecular weight excluding hydrogens is 397 g/mol. The Morgan fingerprint density at radius 3 is 2.61 bits per heavy atom. The quantitative estimate of drug-likeness (QED) is 0.604. The molecule has 0 aliphatic carbocycles. The first-order valence-electron chi connectivity index (χ1n) is 7.96. The molecule has 0 bridgehead atoms. The van der Waals surface area contributed by atoms with Gasteiger partial charge in [-0.3, -0.25) is 0 Å². The maximum Gasteiger partial charge on any atom is 0.416 e. The summed E-state index contributed by atoms with van der Waals surface area (Å²) in [7, 11) is 0. The van der Waals surface area contributed by atoms with Gasteiger partial charge >= 0.3 is 12.2 Å². The molecular formula is C18H14ClF3N4O2. The Bertz CT molecular complexity index is 975. The van der Waals surface area contributed by atoms with E-state index in [0.29, 0.717) is 16.5 Å². The number of halogens is 4. The Hall–Kier alpha value is -3.20. The molecule has 1 aromatic heterocycles. The zero-order valence-electron chi connectivity index (χ0n) is 14.2. The van der Waals surface area contributed by atoms with Gasteiger partial charge in [0, 0.05) is 10.7 Å². The van der Waals surface area contributed by atoms with Gasteiger partial charge < -0.3 is 15.4 Å². The molecule has 0 saturated heterocycles. The lowest BCUT2D eigenvalue weighted by molar-refractivity contribution is -0.137. The van der Waals surface area contributed by atoms with Crippen molar-refractivity contribution in [3.05, 3.63) is 71.5 Å². The molecule has 1 heterocycles. The third-order valence-electron chi connectivity index (χ3n) is 3.50. The Morgan fingerprint density at radius 1 is 1.11 bits per heavy atom. The van der Waals surface area contributed by atoms with Gasteiger partial charge in [0.05, 0.1) is 23.6 Å². The number of hydrogen-bond donors (Lipinski definition) is 2. The van der Waals surface area contributed by atoms with Gasteiger partial charge in [0.1, 0.15) is 5.75 Å². The van der Waals surface area contributed by atoms with Gasteiger partial charge in [0.25, 0.3) is 0 Å². The number of benzene rings is 2. The lowest BCUT2D eigenvalue weighted by Gasteiger charge is -2.10. The Kier molecular flexibility index (Phi) is 5.74. The van der Waals surface area contributed by atoms with Gasteiger partial charge in [-0.1, -0.05) is 23.7 Å². The summed E-state index contributed by atoms with van der Waals surface area (Å²) in [5.74, 6) is 0.555. The van der Waals surface area contributed by atoms with Gasteiger partial charge in [-0.25, -0.2) is 9.48 Å². The number of anilines is 2. The zero-order chi connectivity index (χ0) is 20.1. The Morgan fingerprint density at radius 2 is 1.86 bits per heavy atom. The van der Waals surface area contributed by atoms with Gasteiger partial charge in [-0.15, -0.1) is 0 Å². The molecule has 2 aromatic carbocycles. The van der Waals surface area contributed by atoms with Gasteiger partial charge in [0.2, 0.25) is 0 Å². The monoisotopic (exact) mass is 410 g/mol. The first-order valence-corrected chi connectivity index (χ1v) is 8.33. The first-order chi connectivity index (χ1) is 13.3. The molecule has 2 amide bonds. The van der Waals surface area contributed by atoms with E-state index < -0.39 is 17.8 Å². The lowest BCUT2D eigenvalue weighted by atomic mass is 10.2. The third kappa shape index (κ3) is 5.40. The van der Waals surface area contributed by atoms with Crippen LogP contribution in [0.5, 0.6) is 5.75 Å². The predicted molar refractivity (Wildman–Crippen MR) is 98.4 cm³/mol.